The van der Waals surface area contributed by atoms with Crippen LogP contribution >= 0.6 is 0 Å². The van der Waals surface area contributed by atoms with Gasteiger partial charge in [0.1, 0.15) is 6.61 Å². The number of benzene rings is 1. The predicted molar refractivity (Wildman–Crippen MR) is 64.8 cm³/mol. The zero-order valence-electron chi connectivity index (χ0n) is 9.64. The molecule has 0 radical (unpaired) electrons. The Hall–Kier alpha value is -1.83. The number of ether oxygens (including phenoxy) is 1. The Morgan fingerprint density at radius 1 is 1.25 bits per heavy atom. The van der Waals surface area contributed by atoms with Crippen molar-refractivity contribution >= 4 is 5.97 Å². The van der Waals surface area contributed by atoms with E-state index in [2.05, 4.69) is 0 Å². The fourth-order valence-corrected chi connectivity index (χ4v) is 1.27. The van der Waals surface area contributed by atoms with Crippen molar-refractivity contribution in [2.24, 2.45) is 0 Å². The lowest BCUT2D eigenvalue weighted by Crippen LogP contribution is -2.06. The van der Waals surface area contributed by atoms with E-state index in [1.807, 2.05) is 50.3 Å². The molecule has 0 unspecified atom stereocenters. The van der Waals surface area contributed by atoms with Crippen LogP contribution in [0.25, 0.3) is 0 Å². The van der Waals surface area contributed by atoms with Gasteiger partial charge in [0, 0.05) is 0 Å². The fraction of sp³-hybridized carbons (Fsp3) is 0.214. The molecule has 0 N–H and O–H groups in total. The van der Waals surface area contributed by atoms with Crippen LogP contribution < -0.4 is 0 Å². The van der Waals surface area contributed by atoms with Gasteiger partial charge in [-0.05, 0) is 19.4 Å². The van der Waals surface area contributed by atoms with Crippen molar-refractivity contribution in [3.8, 4) is 0 Å². The van der Waals surface area contributed by atoms with E-state index in [0.717, 1.165) is 5.56 Å². The maximum absolute atomic E-state index is 11.6. The highest BCUT2D eigenvalue weighted by atomic mass is 16.5. The quantitative estimate of drug-likeness (QED) is 0.438. The molecule has 2 heteroatoms. The molecule has 0 aliphatic rings. The van der Waals surface area contributed by atoms with Crippen LogP contribution in [0.5, 0.6) is 0 Å². The van der Waals surface area contributed by atoms with Crippen molar-refractivity contribution in [2.45, 2.75) is 20.5 Å². The van der Waals surface area contributed by atoms with Gasteiger partial charge in [-0.2, -0.15) is 0 Å². The van der Waals surface area contributed by atoms with Crippen molar-refractivity contribution in [1.82, 2.24) is 0 Å². The Balaban J connectivity index is 2.53. The van der Waals surface area contributed by atoms with Gasteiger partial charge in [-0.1, -0.05) is 48.6 Å². The highest BCUT2D eigenvalue weighted by Crippen LogP contribution is 2.05. The first-order valence-corrected chi connectivity index (χ1v) is 5.28. The van der Waals surface area contributed by atoms with Crippen LogP contribution in [0.1, 0.15) is 19.4 Å². The molecule has 0 fully saturated rings. The first-order chi connectivity index (χ1) is 7.77. The van der Waals surface area contributed by atoms with Crippen molar-refractivity contribution < 1.29 is 9.53 Å². The summed E-state index contributed by atoms with van der Waals surface area (Å²) < 4.78 is 5.18. The highest BCUT2D eigenvalue weighted by Gasteiger charge is 2.06. The van der Waals surface area contributed by atoms with Crippen LogP contribution in [0.15, 0.2) is 54.1 Å². The largest absolute Gasteiger partial charge is 0.457 e. The second-order valence-corrected chi connectivity index (χ2v) is 3.31. The summed E-state index contributed by atoms with van der Waals surface area (Å²) >= 11 is 0. The van der Waals surface area contributed by atoms with Crippen LogP contribution in [0.3, 0.4) is 0 Å². The second kappa shape index (κ2) is 6.62. The summed E-state index contributed by atoms with van der Waals surface area (Å²) in [6.45, 7) is 4.00. The molecule has 1 rings (SSSR count). The van der Waals surface area contributed by atoms with Gasteiger partial charge < -0.3 is 4.74 Å². The van der Waals surface area contributed by atoms with Gasteiger partial charge in [0.25, 0.3) is 0 Å². The fourth-order valence-electron chi connectivity index (χ4n) is 1.27. The van der Waals surface area contributed by atoms with Gasteiger partial charge in [-0.3, -0.25) is 0 Å². The van der Waals surface area contributed by atoms with Gasteiger partial charge >= 0.3 is 5.97 Å². The molecule has 0 aromatic heterocycles. The summed E-state index contributed by atoms with van der Waals surface area (Å²) in [4.78, 5) is 11.6. The molecular formula is C14H16O2. The first kappa shape index (κ1) is 12.2. The predicted octanol–water partition coefficient (Wildman–Crippen LogP) is 3.25. The number of carbonyl (C=O) groups excluding carboxylic acids is 1. The van der Waals surface area contributed by atoms with Crippen LogP contribution in [-0.4, -0.2) is 5.97 Å². The minimum absolute atomic E-state index is 0.288. The number of rotatable bonds is 4. The van der Waals surface area contributed by atoms with E-state index in [1.165, 1.54) is 0 Å². The monoisotopic (exact) mass is 216 g/mol. The minimum atomic E-state index is -0.288. The van der Waals surface area contributed by atoms with Crippen molar-refractivity contribution in [1.29, 1.82) is 0 Å². The van der Waals surface area contributed by atoms with E-state index in [-0.39, 0.29) is 5.97 Å². The molecule has 0 saturated heterocycles. The van der Waals surface area contributed by atoms with Crippen LogP contribution in [-0.2, 0) is 16.1 Å². The third-order valence-electron chi connectivity index (χ3n) is 2.11. The van der Waals surface area contributed by atoms with Gasteiger partial charge in [0.2, 0.25) is 0 Å². The molecule has 1 aromatic carbocycles. The summed E-state index contributed by atoms with van der Waals surface area (Å²) in [5.74, 6) is -0.288. The normalized spacial score (nSPS) is 11.8. The number of hydrogen-bond donors (Lipinski definition) is 0. The molecule has 0 saturated carbocycles. The van der Waals surface area contributed by atoms with E-state index in [1.54, 1.807) is 12.2 Å². The van der Waals surface area contributed by atoms with Crippen molar-refractivity contribution in [3.05, 3.63) is 59.7 Å². The van der Waals surface area contributed by atoms with E-state index in [9.17, 15) is 4.79 Å². The number of carbonyl (C=O) groups is 1. The Bertz CT molecular complexity index is 388. The summed E-state index contributed by atoms with van der Waals surface area (Å²) in [5, 5.41) is 0. The Morgan fingerprint density at radius 2 is 1.94 bits per heavy atom. The van der Waals surface area contributed by atoms with Crippen molar-refractivity contribution in [3.63, 3.8) is 0 Å². The standard InChI is InChI=1S/C14H16O2/c1-3-8-13(4-2)14(15)16-11-12-9-6-5-7-10-12/h3-10H,11H2,1-2H3/b8-3-,13-4+. The first-order valence-electron chi connectivity index (χ1n) is 5.28. The molecule has 0 amide bonds. The zero-order chi connectivity index (χ0) is 11.8. The Morgan fingerprint density at radius 3 is 2.50 bits per heavy atom. The molecule has 0 bridgehead atoms. The molecule has 16 heavy (non-hydrogen) atoms. The Labute approximate surface area is 96.2 Å². The van der Waals surface area contributed by atoms with Gasteiger partial charge in [-0.15, -0.1) is 0 Å². The average Bonchev–Trinajstić information content (AvgIpc) is 2.34. The SMILES string of the molecule is C/C=C\C(=C/C)C(=O)OCc1ccccc1. The van der Waals surface area contributed by atoms with E-state index in [0.29, 0.717) is 12.2 Å². The maximum atomic E-state index is 11.6. The summed E-state index contributed by atoms with van der Waals surface area (Å²) in [6.07, 6.45) is 5.31. The number of allylic oxidation sites excluding steroid dienone is 2. The lowest BCUT2D eigenvalue weighted by Gasteiger charge is -2.04. The molecule has 84 valence electrons. The highest BCUT2D eigenvalue weighted by molar-refractivity contribution is 5.91. The van der Waals surface area contributed by atoms with E-state index < -0.39 is 0 Å². The second-order valence-electron chi connectivity index (χ2n) is 3.31. The van der Waals surface area contributed by atoms with Crippen LogP contribution in [0, 0.1) is 0 Å². The number of esters is 1. The van der Waals surface area contributed by atoms with Crippen molar-refractivity contribution in [2.75, 3.05) is 0 Å². The summed E-state index contributed by atoms with van der Waals surface area (Å²) in [5.41, 5.74) is 1.57. The topological polar surface area (TPSA) is 26.3 Å². The van der Waals surface area contributed by atoms with Crippen LogP contribution in [0.4, 0.5) is 0 Å². The smallest absolute Gasteiger partial charge is 0.338 e. The van der Waals surface area contributed by atoms with Gasteiger partial charge in [0.15, 0.2) is 0 Å². The molecule has 2 nitrogen and oxygen atoms in total. The molecule has 0 spiro atoms. The third-order valence-corrected chi connectivity index (χ3v) is 2.11. The average molecular weight is 216 g/mol. The molecule has 0 atom stereocenters. The third kappa shape index (κ3) is 3.73. The van der Waals surface area contributed by atoms with Crippen LogP contribution in [0.2, 0.25) is 0 Å². The minimum Gasteiger partial charge on any atom is -0.457 e. The zero-order valence-corrected chi connectivity index (χ0v) is 9.64. The van der Waals surface area contributed by atoms with E-state index in [4.69, 9.17) is 4.74 Å². The molecule has 0 aliphatic carbocycles. The molecule has 0 aliphatic heterocycles. The van der Waals surface area contributed by atoms with E-state index >= 15 is 0 Å². The molecule has 1 aromatic rings. The lowest BCUT2D eigenvalue weighted by atomic mass is 10.2. The number of hydrogen-bond acceptors (Lipinski definition) is 2. The molecule has 0 heterocycles. The summed E-state index contributed by atoms with van der Waals surface area (Å²) in [6, 6.07) is 9.64. The lowest BCUT2D eigenvalue weighted by molar-refractivity contribution is -0.139. The molecular weight excluding hydrogens is 200 g/mol. The van der Waals surface area contributed by atoms with Gasteiger partial charge in [-0.25, -0.2) is 4.79 Å². The Kier molecular flexibility index (Phi) is 5.06. The summed E-state index contributed by atoms with van der Waals surface area (Å²) in [7, 11) is 0. The maximum Gasteiger partial charge on any atom is 0.338 e. The van der Waals surface area contributed by atoms with Gasteiger partial charge in [0.05, 0.1) is 5.57 Å².